The first-order valence-corrected chi connectivity index (χ1v) is 41.4. The minimum absolute atomic E-state index is 0.0218. The highest BCUT2D eigenvalue weighted by molar-refractivity contribution is 7.92. The summed E-state index contributed by atoms with van der Waals surface area (Å²) in [6.45, 7) is 1.92. The van der Waals surface area contributed by atoms with Crippen molar-refractivity contribution in [3.05, 3.63) is 334 Å². The van der Waals surface area contributed by atoms with E-state index in [9.17, 15) is 52.8 Å². The first kappa shape index (κ1) is 74.3. The van der Waals surface area contributed by atoms with Crippen molar-refractivity contribution in [2.24, 2.45) is 16.2 Å². The third-order valence-electron chi connectivity index (χ3n) is 22.7. The number of aryl methyl sites for hydroxylation is 1. The molecule has 7 heterocycles. The number of fused-ring (bicyclic) bond motifs is 6. The van der Waals surface area contributed by atoms with Gasteiger partial charge in [-0.1, -0.05) is 76.9 Å². The van der Waals surface area contributed by atoms with Gasteiger partial charge in [0.1, 0.15) is 34.5 Å². The number of aromatic nitrogens is 10. The Morgan fingerprint density at radius 2 is 0.679 bits per heavy atom. The molecule has 0 radical (unpaired) electrons. The second-order valence-electron chi connectivity index (χ2n) is 29.3. The molecule has 0 aliphatic heterocycles. The molecular weight excluding hydrogens is 1480 g/mol. The molecule has 6 atom stereocenters. The minimum atomic E-state index is -3.75. The molecule has 0 unspecified atom stereocenters. The summed E-state index contributed by atoms with van der Waals surface area (Å²) in [5.41, 5.74) is 8.54. The van der Waals surface area contributed by atoms with E-state index < -0.39 is 61.5 Å². The fourth-order valence-electron chi connectivity index (χ4n) is 17.0. The number of benzene rings is 5. The summed E-state index contributed by atoms with van der Waals surface area (Å²) in [6.07, 6.45) is 21.2. The summed E-state index contributed by atoms with van der Waals surface area (Å²) in [4.78, 5) is 60.0. The van der Waals surface area contributed by atoms with Crippen molar-refractivity contribution in [1.82, 2.24) is 49.3 Å². The Hall–Kier alpha value is -11.8. The van der Waals surface area contributed by atoms with Crippen LogP contribution in [0.1, 0.15) is 129 Å². The van der Waals surface area contributed by atoms with Crippen LogP contribution in [0.3, 0.4) is 0 Å². The van der Waals surface area contributed by atoms with Gasteiger partial charge in [0, 0.05) is 24.8 Å². The number of carbonyl (C=O) groups is 3. The number of carbonyl (C=O) groups excluding carboxylic acids is 3. The molecule has 3 saturated carbocycles. The van der Waals surface area contributed by atoms with Crippen molar-refractivity contribution in [2.75, 3.05) is 0 Å². The largest absolute Gasteiger partial charge is 0.291 e. The molecule has 0 amide bonds. The van der Waals surface area contributed by atoms with E-state index in [1.165, 1.54) is 48.7 Å². The van der Waals surface area contributed by atoms with Gasteiger partial charge in [-0.2, -0.15) is 15.3 Å². The van der Waals surface area contributed by atoms with Crippen molar-refractivity contribution < 1.29 is 52.8 Å². The number of Topliss-reactive ketones (excluding diaryl/α,β-unsaturated/α-hetero) is 3. The van der Waals surface area contributed by atoms with Gasteiger partial charge >= 0.3 is 0 Å². The number of pyridine rings is 4. The molecule has 6 aliphatic carbocycles. The van der Waals surface area contributed by atoms with Crippen molar-refractivity contribution in [3.63, 3.8) is 0 Å². The molecule has 564 valence electrons. The molecule has 0 spiro atoms. The molecule has 25 heteroatoms. The van der Waals surface area contributed by atoms with E-state index in [1.54, 1.807) is 209 Å². The van der Waals surface area contributed by atoms with Crippen LogP contribution in [0.5, 0.6) is 0 Å². The Morgan fingerprint density at radius 1 is 0.366 bits per heavy atom. The second-order valence-corrected chi connectivity index (χ2v) is 35.9. The molecule has 0 bridgehead atoms. The van der Waals surface area contributed by atoms with E-state index in [4.69, 9.17) is 0 Å². The zero-order valence-electron chi connectivity index (χ0n) is 60.5. The van der Waals surface area contributed by atoms with Crippen LogP contribution in [0.2, 0.25) is 0 Å². The van der Waals surface area contributed by atoms with E-state index in [0.29, 0.717) is 91.9 Å². The fourth-order valence-corrected chi connectivity index (χ4v) is 22.4. The molecule has 5 aromatic carbocycles. The molecule has 19 nitrogen and oxygen atoms in total. The van der Waals surface area contributed by atoms with E-state index in [0.717, 1.165) is 56.1 Å². The van der Waals surface area contributed by atoms with Gasteiger partial charge in [-0.05, 0) is 264 Å². The predicted molar refractivity (Wildman–Crippen MR) is 415 cm³/mol. The number of nitrogens with zero attached hydrogens (tertiary/aromatic N) is 10. The van der Waals surface area contributed by atoms with E-state index in [1.807, 2.05) is 25.2 Å². The number of sulfone groups is 3. The highest BCUT2D eigenvalue weighted by atomic mass is 32.2. The fraction of sp³-hybridized carbons (Fsp3) is 0.218. The van der Waals surface area contributed by atoms with E-state index in [-0.39, 0.29) is 68.9 Å². The predicted octanol–water partition coefficient (Wildman–Crippen LogP) is 15.4. The van der Waals surface area contributed by atoms with E-state index in [2.05, 4.69) is 35.2 Å². The molecule has 18 rings (SSSR count). The van der Waals surface area contributed by atoms with Crippen LogP contribution >= 0.6 is 0 Å². The zero-order valence-corrected chi connectivity index (χ0v) is 63.0. The molecular formula is C87H73F3N10O9S3. The average molecular weight is 1560 g/mol. The maximum absolute atomic E-state index is 14.2. The van der Waals surface area contributed by atoms with Crippen molar-refractivity contribution in [3.8, 4) is 17.1 Å². The number of hydrogen-bond acceptors (Lipinski definition) is 16. The summed E-state index contributed by atoms with van der Waals surface area (Å²) in [6, 6.07) is 54.0. The van der Waals surface area contributed by atoms with Gasteiger partial charge < -0.3 is 0 Å². The van der Waals surface area contributed by atoms with Gasteiger partial charge in [-0.25, -0.2) is 57.5 Å². The lowest BCUT2D eigenvalue weighted by Crippen LogP contribution is -2.46. The van der Waals surface area contributed by atoms with Gasteiger partial charge in [0.25, 0.3) is 0 Å². The summed E-state index contributed by atoms with van der Waals surface area (Å²) < 4.78 is 128. The Morgan fingerprint density at radius 3 is 1.00 bits per heavy atom. The lowest BCUT2D eigenvalue weighted by molar-refractivity contribution is 0.0790. The third kappa shape index (κ3) is 13.7. The van der Waals surface area contributed by atoms with Gasteiger partial charge in [0.05, 0.1) is 94.5 Å². The van der Waals surface area contributed by atoms with Crippen LogP contribution in [-0.2, 0) is 48.8 Å². The zero-order chi connectivity index (χ0) is 77.7. The third-order valence-corrected chi connectivity index (χ3v) is 29.2. The van der Waals surface area contributed by atoms with Gasteiger partial charge in [0.15, 0.2) is 51.9 Å². The summed E-state index contributed by atoms with van der Waals surface area (Å²) >= 11 is 0. The van der Waals surface area contributed by atoms with Crippen LogP contribution in [0.4, 0.5) is 13.2 Å². The lowest BCUT2D eigenvalue weighted by atomic mass is 9.61. The Labute approximate surface area is 645 Å². The van der Waals surface area contributed by atoms with Crippen LogP contribution in [0.25, 0.3) is 35.3 Å². The topological polar surface area (TPSA) is 259 Å². The first-order chi connectivity index (χ1) is 54.0. The van der Waals surface area contributed by atoms with Crippen molar-refractivity contribution in [1.29, 1.82) is 0 Å². The molecule has 0 N–H and O–H groups in total. The van der Waals surface area contributed by atoms with Crippen molar-refractivity contribution in [2.45, 2.75) is 115 Å². The van der Waals surface area contributed by atoms with Gasteiger partial charge in [-0.15, -0.1) is 0 Å². The molecule has 112 heavy (non-hydrogen) atoms. The highest BCUT2D eigenvalue weighted by Gasteiger charge is 2.55. The number of allylic oxidation sites excluding steroid dienone is 3. The minimum Gasteiger partial charge on any atom is -0.291 e. The summed E-state index contributed by atoms with van der Waals surface area (Å²) in [7, 11) is -11.1. The maximum atomic E-state index is 14.2. The van der Waals surface area contributed by atoms with Gasteiger partial charge in [0.2, 0.25) is 0 Å². The van der Waals surface area contributed by atoms with Gasteiger partial charge in [-0.3, -0.25) is 29.3 Å². The molecule has 7 aromatic heterocycles. The number of hydrogen-bond donors (Lipinski definition) is 0. The van der Waals surface area contributed by atoms with Crippen LogP contribution < -0.4 is 0 Å². The standard InChI is InChI=1S/C30H26FN3O3S.C29H24FN3O3S.C28H23FN4O3S/c1-20-5-12-25(13-6-20)38(36,37)26-14-7-22-16-28-21(19-33-34(28)24-10-8-23(31)9-11-24)17-30(22,18-26)29(35)27-4-2-3-15-32-27;30-22-10-12-23(13-11-22)33-27-16-21-9-14-25(37(35,36)24-6-2-1-3-7-24)18-29(21,17-20(27)19-32-33)28(34)26-8-4-5-15-31-26;29-21-8-10-22(11-9-21)33-25-15-20-7-12-23(37(35,36)26-6-2-4-14-31-26)17-28(20,16-19(25)18-32-33)27(34)24-5-1-3-13-30-24/h2-6,8-13,15-16,19,26H,7,14,17-18H2,1H3;1-8,10-13,15-16,19,25H,9,14,17-18H2;1-6,8-11,13-15,18,23H,7,12,16-17H2/t26-,30-;25-,29+;23-,28-/m010/s1. The molecule has 12 aromatic rings. The second kappa shape index (κ2) is 29.8. The normalized spacial score (nSPS) is 20.9. The Bertz CT molecular complexity index is 5830. The number of rotatable bonds is 15. The monoisotopic (exact) mass is 1550 g/mol. The highest BCUT2D eigenvalue weighted by Crippen LogP contribution is 2.55. The maximum Gasteiger partial charge on any atom is 0.198 e. The van der Waals surface area contributed by atoms with Crippen molar-refractivity contribution >= 4 is 65.1 Å². The Balaban J connectivity index is 0.000000127. The molecule has 0 saturated heterocycles. The summed E-state index contributed by atoms with van der Waals surface area (Å²) in [5.74, 6) is -1.54. The first-order valence-electron chi connectivity index (χ1n) is 36.8. The smallest absolute Gasteiger partial charge is 0.198 e. The van der Waals surface area contributed by atoms with E-state index >= 15 is 0 Å². The van der Waals surface area contributed by atoms with Crippen LogP contribution in [-0.4, -0.2) is 108 Å². The number of halogens is 3. The average Bonchev–Trinajstić information content (AvgIpc) is 1.34. The molecule has 6 aliphatic rings. The summed E-state index contributed by atoms with van der Waals surface area (Å²) in [5, 5.41) is 11.5. The van der Waals surface area contributed by atoms with Crippen LogP contribution in [0.15, 0.2) is 275 Å². The quantitative estimate of drug-likeness (QED) is 0.0864. The Kier molecular flexibility index (Phi) is 19.8. The number of ketones is 3. The lowest BCUT2D eigenvalue weighted by Gasteiger charge is -2.43. The molecule has 3 fully saturated rings. The SMILES string of the molecule is Cc1ccc(S(=O)(=O)[C@H]2CCC3=Cc4c(cnn4-c4ccc(F)cc4)C[C@]3(C(=O)c3ccccn3)C2)cc1.O=C(c1ccccn1)[C@]12Cc3cnn(-c4ccc(F)cc4)c3C=C1CC[C@@H](S(=O)(=O)c1ccccc1)C2.O=C(c1ccccn1)[C@]12Cc3cnn(-c4ccc(F)cc4)c3C=C1CC[C@H](S(=O)(=O)c1ccccn1)C2. The van der Waals surface area contributed by atoms with Crippen LogP contribution in [0, 0.1) is 40.6 Å².